The molecule has 4 nitrogen and oxygen atoms in total. The number of hydrogen-bond acceptors (Lipinski definition) is 2. The SMILES string of the molecule is CC(C)Oc1ccc(NC(N)=NCCCC2CC2)cc1. The van der Waals surface area contributed by atoms with Crippen molar-refractivity contribution >= 4 is 11.6 Å². The van der Waals surface area contributed by atoms with Gasteiger partial charge in [0.25, 0.3) is 0 Å². The number of benzene rings is 1. The number of nitrogens with two attached hydrogens (primary N) is 1. The molecule has 1 aromatic carbocycles. The molecule has 1 fully saturated rings. The summed E-state index contributed by atoms with van der Waals surface area (Å²) < 4.78 is 5.59. The van der Waals surface area contributed by atoms with E-state index in [1.807, 2.05) is 38.1 Å². The Morgan fingerprint density at radius 3 is 2.65 bits per heavy atom. The van der Waals surface area contributed by atoms with E-state index in [-0.39, 0.29) is 6.10 Å². The van der Waals surface area contributed by atoms with Crippen LogP contribution >= 0.6 is 0 Å². The highest BCUT2D eigenvalue weighted by molar-refractivity contribution is 5.92. The van der Waals surface area contributed by atoms with Gasteiger partial charge in [0.05, 0.1) is 6.10 Å². The second kappa shape index (κ2) is 7.17. The van der Waals surface area contributed by atoms with E-state index in [1.165, 1.54) is 19.3 Å². The number of nitrogens with one attached hydrogen (secondary N) is 1. The van der Waals surface area contributed by atoms with Crippen LogP contribution < -0.4 is 15.8 Å². The number of rotatable bonds is 7. The molecule has 0 amide bonds. The molecule has 3 N–H and O–H groups in total. The number of anilines is 1. The Labute approximate surface area is 121 Å². The van der Waals surface area contributed by atoms with Crippen molar-refractivity contribution in [3.63, 3.8) is 0 Å². The first-order valence-corrected chi connectivity index (χ1v) is 7.47. The third kappa shape index (κ3) is 5.51. The minimum atomic E-state index is 0.187. The lowest BCUT2D eigenvalue weighted by Gasteiger charge is -2.10. The molecule has 0 spiro atoms. The summed E-state index contributed by atoms with van der Waals surface area (Å²) in [5.41, 5.74) is 6.80. The fourth-order valence-corrected chi connectivity index (χ4v) is 2.06. The van der Waals surface area contributed by atoms with E-state index in [4.69, 9.17) is 10.5 Å². The highest BCUT2D eigenvalue weighted by atomic mass is 16.5. The lowest BCUT2D eigenvalue weighted by Crippen LogP contribution is -2.22. The Hall–Kier alpha value is -1.71. The molecule has 20 heavy (non-hydrogen) atoms. The minimum Gasteiger partial charge on any atom is -0.491 e. The summed E-state index contributed by atoms with van der Waals surface area (Å²) in [6.07, 6.45) is 5.42. The lowest BCUT2D eigenvalue weighted by atomic mass is 10.2. The predicted octanol–water partition coefficient (Wildman–Crippen LogP) is 3.39. The molecular weight excluding hydrogens is 250 g/mol. The van der Waals surface area contributed by atoms with Gasteiger partial charge in [0.15, 0.2) is 5.96 Å². The third-order valence-corrected chi connectivity index (χ3v) is 3.25. The monoisotopic (exact) mass is 275 g/mol. The topological polar surface area (TPSA) is 59.6 Å². The Bertz CT molecular complexity index is 436. The molecule has 0 heterocycles. The van der Waals surface area contributed by atoms with E-state index in [0.29, 0.717) is 5.96 Å². The average Bonchev–Trinajstić information content (AvgIpc) is 3.21. The number of nitrogens with zero attached hydrogens (tertiary/aromatic N) is 1. The average molecular weight is 275 g/mol. The second-order valence-electron chi connectivity index (χ2n) is 5.67. The molecule has 0 saturated heterocycles. The zero-order valence-corrected chi connectivity index (χ0v) is 12.4. The first-order chi connectivity index (χ1) is 9.63. The highest BCUT2D eigenvalue weighted by Crippen LogP contribution is 2.33. The Balaban J connectivity index is 1.74. The molecule has 1 aliphatic rings. The van der Waals surface area contributed by atoms with Gasteiger partial charge in [-0.25, -0.2) is 0 Å². The maximum absolute atomic E-state index is 5.86. The van der Waals surface area contributed by atoms with Crippen LogP contribution in [0.5, 0.6) is 5.75 Å². The number of ether oxygens (including phenoxy) is 1. The molecule has 0 bridgehead atoms. The maximum Gasteiger partial charge on any atom is 0.193 e. The van der Waals surface area contributed by atoms with E-state index < -0.39 is 0 Å². The molecule has 0 aromatic heterocycles. The van der Waals surface area contributed by atoms with E-state index in [1.54, 1.807) is 0 Å². The molecule has 0 unspecified atom stereocenters. The Kier molecular flexibility index (Phi) is 5.27. The van der Waals surface area contributed by atoms with Gasteiger partial charge in [-0.15, -0.1) is 0 Å². The molecule has 1 aliphatic carbocycles. The van der Waals surface area contributed by atoms with Crippen LogP contribution in [-0.4, -0.2) is 18.6 Å². The number of guanidine groups is 1. The summed E-state index contributed by atoms with van der Waals surface area (Å²) in [7, 11) is 0. The third-order valence-electron chi connectivity index (χ3n) is 3.25. The van der Waals surface area contributed by atoms with Crippen LogP contribution in [0.25, 0.3) is 0 Å². The summed E-state index contributed by atoms with van der Waals surface area (Å²) in [4.78, 5) is 4.34. The predicted molar refractivity (Wildman–Crippen MR) is 84.3 cm³/mol. The van der Waals surface area contributed by atoms with Crippen LogP contribution in [0.1, 0.15) is 39.5 Å². The molecule has 4 heteroatoms. The smallest absolute Gasteiger partial charge is 0.193 e. The molecule has 2 rings (SSSR count). The summed E-state index contributed by atoms with van der Waals surface area (Å²) >= 11 is 0. The lowest BCUT2D eigenvalue weighted by molar-refractivity contribution is 0.242. The van der Waals surface area contributed by atoms with Crippen molar-refractivity contribution in [1.82, 2.24) is 0 Å². The fourth-order valence-electron chi connectivity index (χ4n) is 2.06. The second-order valence-corrected chi connectivity index (χ2v) is 5.67. The van der Waals surface area contributed by atoms with Crippen LogP contribution in [0.15, 0.2) is 29.3 Å². The van der Waals surface area contributed by atoms with Gasteiger partial charge in [0.1, 0.15) is 5.75 Å². The zero-order chi connectivity index (χ0) is 14.4. The maximum atomic E-state index is 5.86. The zero-order valence-electron chi connectivity index (χ0n) is 12.4. The van der Waals surface area contributed by atoms with Crippen LogP contribution in [0, 0.1) is 5.92 Å². The van der Waals surface area contributed by atoms with Crippen LogP contribution in [0.4, 0.5) is 5.69 Å². The van der Waals surface area contributed by atoms with Crippen LogP contribution in [0.2, 0.25) is 0 Å². The van der Waals surface area contributed by atoms with Gasteiger partial charge in [-0.3, -0.25) is 4.99 Å². The normalized spacial score (nSPS) is 15.4. The van der Waals surface area contributed by atoms with Crippen molar-refractivity contribution in [3.8, 4) is 5.75 Å². The van der Waals surface area contributed by atoms with Crippen molar-refractivity contribution in [2.45, 2.75) is 45.6 Å². The van der Waals surface area contributed by atoms with Gasteiger partial charge in [-0.2, -0.15) is 0 Å². The fraction of sp³-hybridized carbons (Fsp3) is 0.562. The van der Waals surface area contributed by atoms with Gasteiger partial charge in [0, 0.05) is 12.2 Å². The first-order valence-electron chi connectivity index (χ1n) is 7.47. The van der Waals surface area contributed by atoms with E-state index >= 15 is 0 Å². The van der Waals surface area contributed by atoms with Gasteiger partial charge in [0.2, 0.25) is 0 Å². The number of hydrogen-bond donors (Lipinski definition) is 2. The molecule has 110 valence electrons. The Morgan fingerprint density at radius 1 is 1.35 bits per heavy atom. The quantitative estimate of drug-likeness (QED) is 0.455. The summed E-state index contributed by atoms with van der Waals surface area (Å²) in [6, 6.07) is 7.76. The van der Waals surface area contributed by atoms with Gasteiger partial charge < -0.3 is 15.8 Å². The van der Waals surface area contributed by atoms with Gasteiger partial charge in [-0.1, -0.05) is 12.8 Å². The molecule has 0 atom stereocenters. The molecular formula is C16H25N3O. The van der Waals surface area contributed by atoms with Gasteiger partial charge in [-0.05, 0) is 56.9 Å². The van der Waals surface area contributed by atoms with Crippen LogP contribution in [-0.2, 0) is 0 Å². The van der Waals surface area contributed by atoms with Crippen molar-refractivity contribution < 1.29 is 4.74 Å². The van der Waals surface area contributed by atoms with Crippen molar-refractivity contribution in [1.29, 1.82) is 0 Å². The standard InChI is InChI=1S/C16H25N3O/c1-12(2)20-15-9-7-14(8-10-15)19-16(17)18-11-3-4-13-5-6-13/h7-10,12-13H,3-6,11H2,1-2H3,(H3,17,18,19). The largest absolute Gasteiger partial charge is 0.491 e. The molecule has 1 aromatic rings. The van der Waals surface area contributed by atoms with E-state index in [9.17, 15) is 0 Å². The van der Waals surface area contributed by atoms with Crippen LogP contribution in [0.3, 0.4) is 0 Å². The molecule has 1 saturated carbocycles. The molecule has 0 radical (unpaired) electrons. The summed E-state index contributed by atoms with van der Waals surface area (Å²) in [6.45, 7) is 4.83. The number of aliphatic imine (C=N–C) groups is 1. The minimum absolute atomic E-state index is 0.187. The van der Waals surface area contributed by atoms with Crippen molar-refractivity contribution in [2.75, 3.05) is 11.9 Å². The highest BCUT2D eigenvalue weighted by Gasteiger charge is 2.19. The first kappa shape index (κ1) is 14.7. The summed E-state index contributed by atoms with van der Waals surface area (Å²) in [5.74, 6) is 2.32. The van der Waals surface area contributed by atoms with Gasteiger partial charge >= 0.3 is 0 Å². The summed E-state index contributed by atoms with van der Waals surface area (Å²) in [5, 5.41) is 3.10. The van der Waals surface area contributed by atoms with Crippen molar-refractivity contribution in [3.05, 3.63) is 24.3 Å². The van der Waals surface area contributed by atoms with E-state index in [0.717, 1.165) is 30.3 Å². The molecule has 0 aliphatic heterocycles. The Morgan fingerprint density at radius 2 is 2.05 bits per heavy atom. The van der Waals surface area contributed by atoms with Crippen molar-refractivity contribution in [2.24, 2.45) is 16.6 Å². The van der Waals surface area contributed by atoms with E-state index in [2.05, 4.69) is 10.3 Å².